The number of imidazole rings is 1. The van der Waals surface area contributed by atoms with Crippen molar-refractivity contribution in [1.82, 2.24) is 20.2 Å². The Balaban J connectivity index is 1.34. The molecule has 0 radical (unpaired) electrons. The highest BCUT2D eigenvalue weighted by molar-refractivity contribution is 5.82. The SMILES string of the molecule is Cn1c(CCNC(=O)C2CC3CCCCC3N2)nc2c(F)cccc21. The minimum atomic E-state index is -0.304. The fourth-order valence-corrected chi connectivity index (χ4v) is 4.39. The van der Waals surface area contributed by atoms with Crippen LogP contribution in [0.25, 0.3) is 11.0 Å². The largest absolute Gasteiger partial charge is 0.354 e. The Kier molecular flexibility index (Phi) is 4.46. The van der Waals surface area contributed by atoms with Crippen LogP contribution in [0.2, 0.25) is 0 Å². The third-order valence-corrected chi connectivity index (χ3v) is 5.78. The zero-order valence-corrected chi connectivity index (χ0v) is 14.6. The standard InChI is InChI=1S/C19H25FN4O/c1-24-16-8-4-6-13(20)18(16)23-17(24)9-10-21-19(25)15-11-12-5-2-3-7-14(12)22-15/h4,6,8,12,14-15,22H,2-3,5,7,9-11H2,1H3,(H,21,25). The second-order valence-corrected chi connectivity index (χ2v) is 7.34. The Labute approximate surface area is 147 Å². The summed E-state index contributed by atoms with van der Waals surface area (Å²) >= 11 is 0. The summed E-state index contributed by atoms with van der Waals surface area (Å²) in [5.41, 5.74) is 1.18. The first-order valence-corrected chi connectivity index (χ1v) is 9.27. The second kappa shape index (κ2) is 6.75. The van der Waals surface area contributed by atoms with E-state index in [0.29, 0.717) is 30.4 Å². The monoisotopic (exact) mass is 344 g/mol. The van der Waals surface area contributed by atoms with Crippen LogP contribution < -0.4 is 10.6 Å². The molecular weight excluding hydrogens is 319 g/mol. The average molecular weight is 344 g/mol. The van der Waals surface area contributed by atoms with E-state index < -0.39 is 0 Å². The average Bonchev–Trinajstić information content (AvgIpc) is 3.18. The van der Waals surface area contributed by atoms with Crippen molar-refractivity contribution >= 4 is 16.9 Å². The highest BCUT2D eigenvalue weighted by Gasteiger charge is 2.37. The van der Waals surface area contributed by atoms with E-state index in [4.69, 9.17) is 0 Å². The van der Waals surface area contributed by atoms with Crippen LogP contribution in [0.1, 0.15) is 37.9 Å². The van der Waals surface area contributed by atoms with Gasteiger partial charge in [-0.15, -0.1) is 0 Å². The zero-order valence-electron chi connectivity index (χ0n) is 14.6. The predicted octanol–water partition coefficient (Wildman–Crippen LogP) is 2.29. The lowest BCUT2D eigenvalue weighted by molar-refractivity contribution is -0.122. The Bertz CT molecular complexity index is 773. The number of aromatic nitrogens is 2. The number of para-hydroxylation sites is 1. The Morgan fingerprint density at radius 3 is 3.04 bits per heavy atom. The third kappa shape index (κ3) is 3.15. The molecule has 0 spiro atoms. The molecule has 3 unspecified atom stereocenters. The van der Waals surface area contributed by atoms with Gasteiger partial charge in [0.1, 0.15) is 11.3 Å². The molecule has 1 aromatic heterocycles. The molecule has 1 aliphatic heterocycles. The first-order valence-electron chi connectivity index (χ1n) is 9.27. The summed E-state index contributed by atoms with van der Waals surface area (Å²) in [6.45, 7) is 0.519. The number of nitrogens with zero attached hydrogens (tertiary/aromatic N) is 2. The summed E-state index contributed by atoms with van der Waals surface area (Å²) in [5, 5.41) is 6.52. The van der Waals surface area contributed by atoms with Crippen molar-refractivity contribution in [2.75, 3.05) is 6.54 Å². The van der Waals surface area contributed by atoms with Crippen molar-refractivity contribution in [1.29, 1.82) is 0 Å². The highest BCUT2D eigenvalue weighted by atomic mass is 19.1. The summed E-state index contributed by atoms with van der Waals surface area (Å²) in [5.74, 6) is 1.22. The number of carbonyl (C=O) groups excluding carboxylic acids is 1. The maximum atomic E-state index is 13.8. The lowest BCUT2D eigenvalue weighted by Gasteiger charge is -2.24. The van der Waals surface area contributed by atoms with Gasteiger partial charge in [-0.05, 0) is 37.3 Å². The molecule has 2 heterocycles. The molecule has 1 aliphatic carbocycles. The Hall–Kier alpha value is -1.95. The molecule has 2 fully saturated rings. The van der Waals surface area contributed by atoms with E-state index in [2.05, 4.69) is 15.6 Å². The first-order chi connectivity index (χ1) is 12.1. The molecule has 5 nitrogen and oxygen atoms in total. The lowest BCUT2D eigenvalue weighted by Crippen LogP contribution is -2.43. The number of hydrogen-bond donors (Lipinski definition) is 2. The topological polar surface area (TPSA) is 59.0 Å². The number of rotatable bonds is 4. The van der Waals surface area contributed by atoms with Crippen LogP contribution in [0.4, 0.5) is 4.39 Å². The third-order valence-electron chi connectivity index (χ3n) is 5.78. The molecular formula is C19H25FN4O. The molecule has 6 heteroatoms. The number of halogens is 1. The molecule has 134 valence electrons. The van der Waals surface area contributed by atoms with Gasteiger partial charge in [-0.1, -0.05) is 18.9 Å². The summed E-state index contributed by atoms with van der Waals surface area (Å²) < 4.78 is 15.7. The summed E-state index contributed by atoms with van der Waals surface area (Å²) in [6, 6.07) is 5.43. The molecule has 2 aromatic rings. The van der Waals surface area contributed by atoms with Gasteiger partial charge in [0.15, 0.2) is 5.82 Å². The quantitative estimate of drug-likeness (QED) is 0.895. The molecule has 25 heavy (non-hydrogen) atoms. The molecule has 0 bridgehead atoms. The van der Waals surface area contributed by atoms with Gasteiger partial charge >= 0.3 is 0 Å². The fraction of sp³-hybridized carbons (Fsp3) is 0.579. The van der Waals surface area contributed by atoms with Crippen LogP contribution in [0, 0.1) is 11.7 Å². The molecule has 4 rings (SSSR count). The minimum Gasteiger partial charge on any atom is -0.354 e. The zero-order chi connectivity index (χ0) is 17.4. The van der Waals surface area contributed by atoms with Gasteiger partial charge in [0.25, 0.3) is 0 Å². The highest BCUT2D eigenvalue weighted by Crippen LogP contribution is 2.33. The van der Waals surface area contributed by atoms with Crippen molar-refractivity contribution in [3.05, 3.63) is 29.8 Å². The van der Waals surface area contributed by atoms with Crippen LogP contribution in [-0.4, -0.2) is 34.1 Å². The van der Waals surface area contributed by atoms with E-state index in [-0.39, 0.29) is 17.8 Å². The van der Waals surface area contributed by atoms with E-state index >= 15 is 0 Å². The van der Waals surface area contributed by atoms with Crippen LogP contribution in [0.5, 0.6) is 0 Å². The lowest BCUT2D eigenvalue weighted by atomic mass is 9.85. The number of fused-ring (bicyclic) bond motifs is 2. The summed E-state index contributed by atoms with van der Waals surface area (Å²) in [6.07, 6.45) is 6.54. The van der Waals surface area contributed by atoms with Gasteiger partial charge in [0.2, 0.25) is 5.91 Å². The smallest absolute Gasteiger partial charge is 0.237 e. The molecule has 2 N–H and O–H groups in total. The van der Waals surface area contributed by atoms with Crippen molar-refractivity contribution in [2.24, 2.45) is 13.0 Å². The number of hydrogen-bond acceptors (Lipinski definition) is 3. The molecule has 1 saturated heterocycles. The van der Waals surface area contributed by atoms with Crippen molar-refractivity contribution in [3.63, 3.8) is 0 Å². The van der Waals surface area contributed by atoms with Gasteiger partial charge in [-0.25, -0.2) is 9.37 Å². The van der Waals surface area contributed by atoms with E-state index in [1.54, 1.807) is 6.07 Å². The van der Waals surface area contributed by atoms with E-state index in [0.717, 1.165) is 17.8 Å². The maximum absolute atomic E-state index is 13.8. The predicted molar refractivity (Wildman–Crippen MR) is 94.7 cm³/mol. The van der Waals surface area contributed by atoms with Gasteiger partial charge in [0.05, 0.1) is 11.6 Å². The van der Waals surface area contributed by atoms with Crippen LogP contribution in [0.15, 0.2) is 18.2 Å². The van der Waals surface area contributed by atoms with E-state index in [1.807, 2.05) is 17.7 Å². The van der Waals surface area contributed by atoms with Crippen LogP contribution >= 0.6 is 0 Å². The molecule has 1 saturated carbocycles. The molecule has 2 aliphatic rings. The number of nitrogens with one attached hydrogen (secondary N) is 2. The van der Waals surface area contributed by atoms with Crippen molar-refractivity contribution in [3.8, 4) is 0 Å². The van der Waals surface area contributed by atoms with Crippen molar-refractivity contribution in [2.45, 2.75) is 50.6 Å². The molecule has 1 aromatic carbocycles. The Morgan fingerprint density at radius 2 is 2.24 bits per heavy atom. The maximum Gasteiger partial charge on any atom is 0.237 e. The summed E-state index contributed by atoms with van der Waals surface area (Å²) in [4.78, 5) is 16.8. The summed E-state index contributed by atoms with van der Waals surface area (Å²) in [7, 11) is 1.88. The number of amides is 1. The van der Waals surface area contributed by atoms with Crippen molar-refractivity contribution < 1.29 is 9.18 Å². The van der Waals surface area contributed by atoms with Crippen LogP contribution in [-0.2, 0) is 18.3 Å². The molecule has 3 atom stereocenters. The van der Waals surface area contributed by atoms with Gasteiger partial charge < -0.3 is 15.2 Å². The first kappa shape index (κ1) is 16.5. The molecule has 1 amide bonds. The second-order valence-electron chi connectivity index (χ2n) is 7.34. The number of benzene rings is 1. The number of aryl methyl sites for hydroxylation is 1. The minimum absolute atomic E-state index is 0.0639. The van der Waals surface area contributed by atoms with Gasteiger partial charge in [0, 0.05) is 26.1 Å². The Morgan fingerprint density at radius 1 is 1.40 bits per heavy atom. The van der Waals surface area contributed by atoms with Crippen LogP contribution in [0.3, 0.4) is 0 Å². The van der Waals surface area contributed by atoms with E-state index in [1.165, 1.54) is 31.7 Å². The van der Waals surface area contributed by atoms with E-state index in [9.17, 15) is 9.18 Å². The van der Waals surface area contributed by atoms with Gasteiger partial charge in [-0.2, -0.15) is 0 Å². The normalized spacial score (nSPS) is 25.9. The fourth-order valence-electron chi connectivity index (χ4n) is 4.39. The number of carbonyl (C=O) groups is 1. The van der Waals surface area contributed by atoms with Gasteiger partial charge in [-0.3, -0.25) is 4.79 Å².